The van der Waals surface area contributed by atoms with Gasteiger partial charge in [-0.25, -0.2) is 0 Å². The summed E-state index contributed by atoms with van der Waals surface area (Å²) < 4.78 is 0. The van der Waals surface area contributed by atoms with Crippen molar-refractivity contribution < 1.29 is 9.59 Å². The first-order chi connectivity index (χ1) is 17.9. The van der Waals surface area contributed by atoms with Crippen LogP contribution in [0, 0.1) is 0 Å². The number of amides is 2. The van der Waals surface area contributed by atoms with Crippen molar-refractivity contribution in [1.82, 2.24) is 15.2 Å². The molecule has 0 saturated carbocycles. The Labute approximate surface area is 227 Å². The number of aryl methyl sites for hydroxylation is 1. The van der Waals surface area contributed by atoms with Crippen molar-refractivity contribution in [2.75, 3.05) is 25.0 Å². The topological polar surface area (TPSA) is 65.5 Å². The normalized spacial score (nSPS) is 17.7. The molecule has 0 spiro atoms. The molecule has 8 heteroatoms. The minimum absolute atomic E-state index is 0.0127. The number of anilines is 1. The molecule has 192 valence electrons. The minimum atomic E-state index is -0.264. The van der Waals surface area contributed by atoms with Crippen molar-refractivity contribution in [2.45, 2.75) is 44.2 Å². The predicted molar refractivity (Wildman–Crippen MR) is 148 cm³/mol. The summed E-state index contributed by atoms with van der Waals surface area (Å²) in [6, 6.07) is 15.0. The number of carbonyl (C=O) groups is 2. The molecule has 3 aromatic rings. The molecule has 0 radical (unpaired) electrons. The number of carbonyl (C=O) groups excluding carboxylic acids is 2. The Kier molecular flexibility index (Phi) is 7.68. The number of benzene rings is 2. The Balaban J connectivity index is 1.28. The summed E-state index contributed by atoms with van der Waals surface area (Å²) in [6.07, 6.45) is 8.14. The van der Waals surface area contributed by atoms with Crippen molar-refractivity contribution in [3.63, 3.8) is 0 Å². The SMILES string of the molecule is CN(C(=O)c1ccc2c(c1)C(NC(=O)c1cccc(Cl)c1Cl)CCC2)C1CCN(c2ccncc2)CC1. The van der Waals surface area contributed by atoms with Crippen molar-refractivity contribution in [1.29, 1.82) is 0 Å². The van der Waals surface area contributed by atoms with Crippen LogP contribution in [0.1, 0.15) is 63.6 Å². The van der Waals surface area contributed by atoms with Gasteiger partial charge in [0.05, 0.1) is 21.7 Å². The Bertz CT molecular complexity index is 1290. The number of piperidine rings is 1. The Morgan fingerprint density at radius 3 is 2.54 bits per heavy atom. The summed E-state index contributed by atoms with van der Waals surface area (Å²) in [7, 11) is 1.90. The number of fused-ring (bicyclic) bond motifs is 1. The minimum Gasteiger partial charge on any atom is -0.371 e. The highest BCUT2D eigenvalue weighted by Crippen LogP contribution is 2.33. The number of hydrogen-bond donors (Lipinski definition) is 1. The van der Waals surface area contributed by atoms with Crippen molar-refractivity contribution in [2.24, 2.45) is 0 Å². The van der Waals surface area contributed by atoms with Gasteiger partial charge in [0.25, 0.3) is 11.8 Å². The first-order valence-electron chi connectivity index (χ1n) is 12.7. The molecule has 1 atom stereocenters. The van der Waals surface area contributed by atoms with Crippen LogP contribution in [-0.2, 0) is 6.42 Å². The van der Waals surface area contributed by atoms with E-state index in [2.05, 4.69) is 15.2 Å². The van der Waals surface area contributed by atoms with Crippen molar-refractivity contribution in [3.8, 4) is 0 Å². The lowest BCUT2D eigenvalue weighted by Gasteiger charge is -2.38. The molecule has 0 bridgehead atoms. The molecule has 1 saturated heterocycles. The Hall–Kier alpha value is -3.09. The lowest BCUT2D eigenvalue weighted by Crippen LogP contribution is -2.45. The lowest BCUT2D eigenvalue weighted by molar-refractivity contribution is 0.0709. The number of nitrogens with one attached hydrogen (secondary N) is 1. The van der Waals surface area contributed by atoms with Crippen molar-refractivity contribution in [3.05, 3.63) is 93.2 Å². The number of aromatic nitrogens is 1. The highest BCUT2D eigenvalue weighted by molar-refractivity contribution is 6.43. The van der Waals surface area contributed by atoms with Gasteiger partial charge in [-0.2, -0.15) is 0 Å². The van der Waals surface area contributed by atoms with Crippen molar-refractivity contribution >= 4 is 40.7 Å². The summed E-state index contributed by atoms with van der Waals surface area (Å²) in [5.41, 5.74) is 4.35. The highest BCUT2D eigenvalue weighted by Gasteiger charge is 2.28. The number of hydrogen-bond acceptors (Lipinski definition) is 4. The van der Waals surface area contributed by atoms with Crippen LogP contribution in [-0.4, -0.2) is 47.9 Å². The van der Waals surface area contributed by atoms with Gasteiger partial charge < -0.3 is 15.1 Å². The molecule has 1 unspecified atom stereocenters. The van der Waals surface area contributed by atoms with E-state index >= 15 is 0 Å². The average Bonchev–Trinajstić information content (AvgIpc) is 2.94. The molecular weight excluding hydrogens is 507 g/mol. The van der Waals surface area contributed by atoms with Gasteiger partial charge in [0, 0.05) is 49.8 Å². The number of halogens is 2. The zero-order valence-electron chi connectivity index (χ0n) is 20.8. The van der Waals surface area contributed by atoms with Crippen LogP contribution in [0.5, 0.6) is 0 Å². The monoisotopic (exact) mass is 536 g/mol. The molecular formula is C29H30Cl2N4O2. The van der Waals surface area contributed by atoms with E-state index in [-0.39, 0.29) is 28.9 Å². The van der Waals surface area contributed by atoms with Gasteiger partial charge in [-0.3, -0.25) is 14.6 Å². The summed E-state index contributed by atoms with van der Waals surface area (Å²) >= 11 is 12.4. The van der Waals surface area contributed by atoms with Gasteiger partial charge in [0.15, 0.2) is 0 Å². The molecule has 2 heterocycles. The summed E-state index contributed by atoms with van der Waals surface area (Å²) in [5, 5.41) is 3.72. The molecule has 1 fully saturated rings. The number of pyridine rings is 1. The third-order valence-corrected chi connectivity index (χ3v) is 8.39. The maximum atomic E-state index is 13.5. The molecule has 5 rings (SSSR count). The van der Waals surface area contributed by atoms with Crippen LogP contribution >= 0.6 is 23.2 Å². The molecule has 6 nitrogen and oxygen atoms in total. The Morgan fingerprint density at radius 1 is 1.03 bits per heavy atom. The second-order valence-electron chi connectivity index (χ2n) is 9.77. The number of rotatable bonds is 5. The second kappa shape index (κ2) is 11.1. The van der Waals surface area contributed by atoms with Gasteiger partial charge in [-0.1, -0.05) is 35.3 Å². The van der Waals surface area contributed by atoms with Crippen LogP contribution in [0.2, 0.25) is 10.0 Å². The summed E-state index contributed by atoms with van der Waals surface area (Å²) in [5.74, 6) is -0.251. The van der Waals surface area contributed by atoms with E-state index in [0.29, 0.717) is 16.1 Å². The smallest absolute Gasteiger partial charge is 0.253 e. The lowest BCUT2D eigenvalue weighted by atomic mass is 9.86. The Morgan fingerprint density at radius 2 is 1.78 bits per heavy atom. The first kappa shape index (κ1) is 25.6. The van der Waals surface area contributed by atoms with E-state index in [1.165, 1.54) is 11.3 Å². The third-order valence-electron chi connectivity index (χ3n) is 7.57. The van der Waals surface area contributed by atoms with Gasteiger partial charge in [-0.05, 0) is 79.6 Å². The fraction of sp³-hybridized carbons (Fsp3) is 0.345. The summed E-state index contributed by atoms with van der Waals surface area (Å²) in [4.78, 5) is 34.8. The van der Waals surface area contributed by atoms with Crippen LogP contribution in [0.15, 0.2) is 60.9 Å². The van der Waals surface area contributed by atoms with E-state index < -0.39 is 0 Å². The number of nitrogens with zero attached hydrogens (tertiary/aromatic N) is 3. The second-order valence-corrected chi connectivity index (χ2v) is 10.6. The van der Waals surface area contributed by atoms with E-state index in [1.54, 1.807) is 18.2 Å². The zero-order valence-corrected chi connectivity index (χ0v) is 22.3. The van der Waals surface area contributed by atoms with Crippen LogP contribution in [0.25, 0.3) is 0 Å². The largest absolute Gasteiger partial charge is 0.371 e. The van der Waals surface area contributed by atoms with Crippen LogP contribution < -0.4 is 10.2 Å². The van der Waals surface area contributed by atoms with Gasteiger partial charge in [-0.15, -0.1) is 0 Å². The van der Waals surface area contributed by atoms with E-state index in [1.807, 2.05) is 54.7 Å². The van der Waals surface area contributed by atoms with E-state index in [4.69, 9.17) is 23.2 Å². The molecule has 2 amide bonds. The standard InChI is InChI=1S/C29H30Cl2N4O2/c1-34(21-12-16-35(17-13-21)22-10-14-32-15-11-22)29(37)20-9-8-19-4-2-7-26(24(19)18-20)33-28(36)23-5-3-6-25(30)27(23)31/h3,5-6,8-11,14-15,18,21,26H,2,4,7,12-13,16-17H2,1H3,(H,33,36). The molecule has 1 aromatic heterocycles. The zero-order chi connectivity index (χ0) is 25.9. The van der Waals surface area contributed by atoms with Crippen LogP contribution in [0.4, 0.5) is 5.69 Å². The molecule has 1 N–H and O–H groups in total. The predicted octanol–water partition coefficient (Wildman–Crippen LogP) is 5.94. The highest BCUT2D eigenvalue weighted by atomic mass is 35.5. The molecule has 37 heavy (non-hydrogen) atoms. The van der Waals surface area contributed by atoms with Gasteiger partial charge in [0.2, 0.25) is 0 Å². The fourth-order valence-electron chi connectivity index (χ4n) is 5.43. The van der Waals surface area contributed by atoms with Gasteiger partial charge in [0.1, 0.15) is 0 Å². The average molecular weight is 537 g/mol. The maximum Gasteiger partial charge on any atom is 0.253 e. The molecule has 1 aliphatic carbocycles. The van der Waals surface area contributed by atoms with Gasteiger partial charge >= 0.3 is 0 Å². The molecule has 2 aromatic carbocycles. The first-order valence-corrected chi connectivity index (χ1v) is 13.5. The quantitative estimate of drug-likeness (QED) is 0.438. The summed E-state index contributed by atoms with van der Waals surface area (Å²) in [6.45, 7) is 1.80. The molecule has 1 aliphatic heterocycles. The maximum absolute atomic E-state index is 13.5. The molecule has 2 aliphatic rings. The van der Waals surface area contributed by atoms with Crippen LogP contribution in [0.3, 0.4) is 0 Å². The third kappa shape index (κ3) is 5.46. The fourth-order valence-corrected chi connectivity index (χ4v) is 5.82. The van der Waals surface area contributed by atoms with E-state index in [9.17, 15) is 9.59 Å². The van der Waals surface area contributed by atoms with E-state index in [0.717, 1.165) is 50.8 Å².